The first-order valence-corrected chi connectivity index (χ1v) is 9.09. The first-order valence-electron chi connectivity index (χ1n) is 9.09. The molecule has 3 aromatic rings. The molecular weight excluding hydrogens is 324 g/mol. The molecule has 1 aliphatic carbocycles. The maximum Gasteiger partial charge on any atom is 0.227 e. The highest BCUT2D eigenvalue weighted by Crippen LogP contribution is 2.34. The molecule has 0 atom stereocenters. The van der Waals surface area contributed by atoms with E-state index in [1.165, 1.54) is 5.56 Å². The smallest absolute Gasteiger partial charge is 0.227 e. The van der Waals surface area contributed by atoms with Gasteiger partial charge in [0.1, 0.15) is 5.75 Å². The van der Waals surface area contributed by atoms with Gasteiger partial charge in [0.25, 0.3) is 0 Å². The molecule has 1 saturated carbocycles. The number of aryl methyl sites for hydroxylation is 1. The van der Waals surface area contributed by atoms with Crippen LogP contribution in [0.3, 0.4) is 0 Å². The van der Waals surface area contributed by atoms with Crippen molar-refractivity contribution in [3.63, 3.8) is 0 Å². The van der Waals surface area contributed by atoms with Crippen molar-refractivity contribution >= 4 is 22.5 Å². The zero-order chi connectivity index (χ0) is 18.1. The predicted molar refractivity (Wildman–Crippen MR) is 104 cm³/mol. The molecule has 4 heteroatoms. The molecule has 1 fully saturated rings. The molecule has 1 heterocycles. The monoisotopic (exact) mass is 346 g/mol. The van der Waals surface area contributed by atoms with Crippen LogP contribution in [0.1, 0.15) is 25.3 Å². The first kappa shape index (κ1) is 16.6. The molecule has 1 N–H and O–H groups in total. The number of rotatable bonds is 5. The van der Waals surface area contributed by atoms with Crippen LogP contribution in [0, 0.1) is 12.8 Å². The third kappa shape index (κ3) is 3.40. The molecule has 1 aromatic heterocycles. The Bertz CT molecular complexity index is 960. The number of carbonyl (C=O) groups excluding carboxylic acids is 1. The summed E-state index contributed by atoms with van der Waals surface area (Å²) in [6.07, 6.45) is 1.98. The highest BCUT2D eigenvalue weighted by Gasteiger charge is 2.29. The maximum absolute atomic E-state index is 12.0. The summed E-state index contributed by atoms with van der Waals surface area (Å²) in [5.41, 5.74) is 4.81. The van der Waals surface area contributed by atoms with Crippen molar-refractivity contribution in [2.24, 2.45) is 5.92 Å². The van der Waals surface area contributed by atoms with Gasteiger partial charge < -0.3 is 10.1 Å². The van der Waals surface area contributed by atoms with Crippen molar-refractivity contribution in [2.45, 2.75) is 26.7 Å². The van der Waals surface area contributed by atoms with Crippen LogP contribution in [0.2, 0.25) is 0 Å². The van der Waals surface area contributed by atoms with E-state index in [2.05, 4.69) is 36.5 Å². The van der Waals surface area contributed by atoms with E-state index < -0.39 is 0 Å². The highest BCUT2D eigenvalue weighted by atomic mass is 16.5. The standard InChI is InChI=1S/C22H22N2O2/c1-3-26-21-13-20(15-6-4-14(2)5-7-15)24-19-11-10-17(12-18(19)21)23-22(25)16-8-9-16/h4-7,10-13,16H,3,8-9H2,1-2H3,(H,23,25). The molecule has 4 nitrogen and oxygen atoms in total. The molecule has 0 unspecified atom stereocenters. The maximum atomic E-state index is 12.0. The molecule has 1 amide bonds. The minimum Gasteiger partial charge on any atom is -0.493 e. The van der Waals surface area contributed by atoms with E-state index in [4.69, 9.17) is 9.72 Å². The fourth-order valence-electron chi connectivity index (χ4n) is 3.01. The molecule has 0 bridgehead atoms. The summed E-state index contributed by atoms with van der Waals surface area (Å²) < 4.78 is 5.87. The van der Waals surface area contributed by atoms with Crippen LogP contribution in [-0.2, 0) is 4.79 Å². The number of benzene rings is 2. The molecule has 0 spiro atoms. The van der Waals surface area contributed by atoms with Gasteiger partial charge >= 0.3 is 0 Å². The predicted octanol–water partition coefficient (Wildman–Crippen LogP) is 4.96. The van der Waals surface area contributed by atoms with Crippen LogP contribution in [0.15, 0.2) is 48.5 Å². The number of hydrogen-bond donors (Lipinski definition) is 1. The van der Waals surface area contributed by atoms with Gasteiger partial charge in [-0.2, -0.15) is 0 Å². The van der Waals surface area contributed by atoms with Crippen LogP contribution in [0.25, 0.3) is 22.2 Å². The van der Waals surface area contributed by atoms with Crippen LogP contribution in [0.4, 0.5) is 5.69 Å². The second-order valence-electron chi connectivity index (χ2n) is 6.80. The minimum absolute atomic E-state index is 0.103. The van der Waals surface area contributed by atoms with Gasteiger partial charge in [-0.3, -0.25) is 4.79 Å². The van der Waals surface area contributed by atoms with Crippen LogP contribution in [-0.4, -0.2) is 17.5 Å². The quantitative estimate of drug-likeness (QED) is 0.710. The number of carbonyl (C=O) groups is 1. The molecule has 0 aliphatic heterocycles. The van der Waals surface area contributed by atoms with Gasteiger partial charge in [-0.25, -0.2) is 4.98 Å². The number of nitrogens with zero attached hydrogens (tertiary/aromatic N) is 1. The summed E-state index contributed by atoms with van der Waals surface area (Å²) >= 11 is 0. The Morgan fingerprint density at radius 3 is 2.62 bits per heavy atom. The third-order valence-electron chi connectivity index (χ3n) is 4.63. The molecule has 26 heavy (non-hydrogen) atoms. The van der Waals surface area contributed by atoms with E-state index in [1.54, 1.807) is 0 Å². The van der Waals surface area contributed by atoms with Gasteiger partial charge in [-0.15, -0.1) is 0 Å². The highest BCUT2D eigenvalue weighted by molar-refractivity contribution is 5.97. The largest absolute Gasteiger partial charge is 0.493 e. The number of aromatic nitrogens is 1. The van der Waals surface area contributed by atoms with Crippen molar-refractivity contribution < 1.29 is 9.53 Å². The van der Waals surface area contributed by atoms with E-state index in [0.29, 0.717) is 6.61 Å². The third-order valence-corrected chi connectivity index (χ3v) is 4.63. The summed E-state index contributed by atoms with van der Waals surface area (Å²) in [5, 5.41) is 3.91. The number of hydrogen-bond acceptors (Lipinski definition) is 3. The summed E-state index contributed by atoms with van der Waals surface area (Å²) in [6, 6.07) is 16.1. The van der Waals surface area contributed by atoms with Gasteiger partial charge in [-0.1, -0.05) is 29.8 Å². The average molecular weight is 346 g/mol. The Morgan fingerprint density at radius 2 is 1.92 bits per heavy atom. The van der Waals surface area contributed by atoms with Crippen molar-refractivity contribution in [1.29, 1.82) is 0 Å². The van der Waals surface area contributed by atoms with Gasteiger partial charge in [-0.05, 0) is 44.9 Å². The molecule has 1 aliphatic rings. The molecular formula is C22H22N2O2. The second kappa shape index (κ2) is 6.79. The van der Waals surface area contributed by atoms with Crippen LogP contribution < -0.4 is 10.1 Å². The van der Waals surface area contributed by atoms with Crippen LogP contribution >= 0.6 is 0 Å². The summed E-state index contributed by atoms with van der Waals surface area (Å²) in [4.78, 5) is 16.8. The zero-order valence-corrected chi connectivity index (χ0v) is 15.1. The Hall–Kier alpha value is -2.88. The van der Waals surface area contributed by atoms with Crippen molar-refractivity contribution in [2.75, 3.05) is 11.9 Å². The topological polar surface area (TPSA) is 51.2 Å². The SMILES string of the molecule is CCOc1cc(-c2ccc(C)cc2)nc2ccc(NC(=O)C3CC3)cc12. The Balaban J connectivity index is 1.75. The normalized spacial score (nSPS) is 13.6. The van der Waals surface area contributed by atoms with E-state index in [-0.39, 0.29) is 11.8 Å². The lowest BCUT2D eigenvalue weighted by Gasteiger charge is -2.12. The molecule has 132 valence electrons. The van der Waals surface area contributed by atoms with E-state index in [9.17, 15) is 4.79 Å². The molecule has 0 saturated heterocycles. The summed E-state index contributed by atoms with van der Waals surface area (Å²) in [6.45, 7) is 4.61. The lowest BCUT2D eigenvalue weighted by Crippen LogP contribution is -2.13. The van der Waals surface area contributed by atoms with Gasteiger partial charge in [0.2, 0.25) is 5.91 Å². The van der Waals surface area contributed by atoms with Crippen LogP contribution in [0.5, 0.6) is 5.75 Å². The molecule has 0 radical (unpaired) electrons. The fourth-order valence-corrected chi connectivity index (χ4v) is 3.01. The van der Waals surface area contributed by atoms with Crippen molar-refractivity contribution in [3.05, 3.63) is 54.1 Å². The van der Waals surface area contributed by atoms with Crippen molar-refractivity contribution in [3.8, 4) is 17.0 Å². The van der Waals surface area contributed by atoms with Gasteiger partial charge in [0.15, 0.2) is 0 Å². The zero-order valence-electron chi connectivity index (χ0n) is 15.1. The summed E-state index contributed by atoms with van der Waals surface area (Å²) in [7, 11) is 0. The molecule has 4 rings (SSSR count). The van der Waals surface area contributed by atoms with E-state index >= 15 is 0 Å². The first-order chi connectivity index (χ1) is 12.6. The number of fused-ring (bicyclic) bond motifs is 1. The van der Waals surface area contributed by atoms with Gasteiger partial charge in [0.05, 0.1) is 17.8 Å². The number of pyridine rings is 1. The fraction of sp³-hybridized carbons (Fsp3) is 0.273. The Morgan fingerprint density at radius 1 is 1.15 bits per heavy atom. The number of anilines is 1. The number of nitrogens with one attached hydrogen (secondary N) is 1. The number of ether oxygens (including phenoxy) is 1. The minimum atomic E-state index is 0.103. The lowest BCUT2D eigenvalue weighted by atomic mass is 10.1. The molecule has 2 aromatic carbocycles. The number of amides is 1. The second-order valence-corrected chi connectivity index (χ2v) is 6.80. The average Bonchev–Trinajstić information content (AvgIpc) is 3.48. The summed E-state index contributed by atoms with van der Waals surface area (Å²) in [5.74, 6) is 1.07. The van der Waals surface area contributed by atoms with Gasteiger partial charge in [0, 0.05) is 28.6 Å². The Kier molecular flexibility index (Phi) is 4.33. The van der Waals surface area contributed by atoms with E-state index in [1.807, 2.05) is 31.2 Å². The van der Waals surface area contributed by atoms with E-state index in [0.717, 1.165) is 46.4 Å². The Labute approximate surface area is 153 Å². The van der Waals surface area contributed by atoms with Crippen molar-refractivity contribution in [1.82, 2.24) is 4.98 Å². The lowest BCUT2D eigenvalue weighted by molar-refractivity contribution is -0.117.